The third-order valence-electron chi connectivity index (χ3n) is 6.50. The van der Waals surface area contributed by atoms with Crippen molar-refractivity contribution < 1.29 is 9.13 Å². The molecule has 4 aromatic heterocycles. The maximum absolute atomic E-state index is 13.6. The van der Waals surface area contributed by atoms with Gasteiger partial charge in [0.25, 0.3) is 0 Å². The first kappa shape index (κ1) is 19.8. The van der Waals surface area contributed by atoms with Gasteiger partial charge in [0, 0.05) is 43.4 Å². The Bertz CT molecular complexity index is 1260. The Morgan fingerprint density at radius 1 is 1.16 bits per heavy atom. The molecule has 5 rings (SSSR count). The molecule has 0 amide bonds. The number of anilines is 1. The quantitative estimate of drug-likeness (QED) is 0.529. The molecule has 4 heterocycles. The molecular formula is C23H25FN6O. The smallest absolute Gasteiger partial charge is 0.167 e. The molecule has 0 aromatic carbocycles. The lowest BCUT2D eigenvalue weighted by Gasteiger charge is -2.24. The van der Waals surface area contributed by atoms with Crippen molar-refractivity contribution in [3.05, 3.63) is 54.0 Å². The molecule has 160 valence electrons. The summed E-state index contributed by atoms with van der Waals surface area (Å²) in [5.41, 5.74) is 9.79. The van der Waals surface area contributed by atoms with Crippen LogP contribution < -0.4 is 5.73 Å². The van der Waals surface area contributed by atoms with Gasteiger partial charge >= 0.3 is 0 Å². The fraction of sp³-hybridized carbons (Fsp3) is 0.391. The van der Waals surface area contributed by atoms with E-state index < -0.39 is 5.82 Å². The molecule has 1 saturated carbocycles. The summed E-state index contributed by atoms with van der Waals surface area (Å²) < 4.78 is 21.8. The highest BCUT2D eigenvalue weighted by Gasteiger charge is 2.36. The number of aromatic nitrogens is 5. The molecule has 31 heavy (non-hydrogen) atoms. The second-order valence-electron chi connectivity index (χ2n) is 8.40. The van der Waals surface area contributed by atoms with Gasteiger partial charge in [0.05, 0.1) is 22.8 Å². The van der Waals surface area contributed by atoms with Gasteiger partial charge in [-0.05, 0) is 49.8 Å². The van der Waals surface area contributed by atoms with Crippen LogP contribution in [0.4, 0.5) is 10.2 Å². The topological polar surface area (TPSA) is 91.7 Å². The molecular weight excluding hydrogens is 395 g/mol. The first-order valence-electron chi connectivity index (χ1n) is 10.5. The van der Waals surface area contributed by atoms with Crippen molar-refractivity contribution in [2.24, 2.45) is 11.8 Å². The Morgan fingerprint density at radius 3 is 2.84 bits per heavy atom. The Hall–Kier alpha value is -3.13. The van der Waals surface area contributed by atoms with Crippen molar-refractivity contribution in [2.75, 3.05) is 12.8 Å². The highest BCUT2D eigenvalue weighted by Crippen LogP contribution is 2.37. The number of hydrogen-bond donors (Lipinski definition) is 1. The molecule has 0 aliphatic heterocycles. The lowest BCUT2D eigenvalue weighted by Crippen LogP contribution is -2.28. The Labute approximate surface area is 179 Å². The van der Waals surface area contributed by atoms with Crippen LogP contribution in [0, 0.1) is 24.6 Å². The van der Waals surface area contributed by atoms with Gasteiger partial charge in [-0.15, -0.1) is 0 Å². The third-order valence-corrected chi connectivity index (χ3v) is 6.50. The SMILES string of the molecule is COC1C(Cc2cnc3cc(F)c(N)nc3c2)CCC1Cn1ccc2c(C)ncnc21. The average molecular weight is 420 g/mol. The van der Waals surface area contributed by atoms with Crippen LogP contribution in [0.3, 0.4) is 0 Å². The van der Waals surface area contributed by atoms with Gasteiger partial charge in [0.15, 0.2) is 11.6 Å². The van der Waals surface area contributed by atoms with Gasteiger partial charge in [-0.1, -0.05) is 0 Å². The summed E-state index contributed by atoms with van der Waals surface area (Å²) in [4.78, 5) is 17.3. The largest absolute Gasteiger partial charge is 0.381 e. The molecule has 7 nitrogen and oxygen atoms in total. The van der Waals surface area contributed by atoms with E-state index in [9.17, 15) is 4.39 Å². The van der Waals surface area contributed by atoms with E-state index in [1.165, 1.54) is 6.07 Å². The van der Waals surface area contributed by atoms with Crippen LogP contribution >= 0.6 is 0 Å². The summed E-state index contributed by atoms with van der Waals surface area (Å²) in [6, 6.07) is 5.37. The zero-order valence-corrected chi connectivity index (χ0v) is 17.6. The van der Waals surface area contributed by atoms with Gasteiger partial charge in [0.1, 0.15) is 12.0 Å². The van der Waals surface area contributed by atoms with Crippen LogP contribution in [0.2, 0.25) is 0 Å². The van der Waals surface area contributed by atoms with Gasteiger partial charge < -0.3 is 15.0 Å². The van der Waals surface area contributed by atoms with Gasteiger partial charge in [-0.25, -0.2) is 19.3 Å². The van der Waals surface area contributed by atoms with Crippen LogP contribution in [0.1, 0.15) is 24.1 Å². The van der Waals surface area contributed by atoms with E-state index >= 15 is 0 Å². The molecule has 0 saturated heterocycles. The van der Waals surface area contributed by atoms with E-state index in [2.05, 4.69) is 36.8 Å². The second-order valence-corrected chi connectivity index (χ2v) is 8.40. The van der Waals surface area contributed by atoms with E-state index in [4.69, 9.17) is 10.5 Å². The molecule has 4 aromatic rings. The molecule has 3 atom stereocenters. The fourth-order valence-electron chi connectivity index (χ4n) is 4.97. The maximum Gasteiger partial charge on any atom is 0.167 e. The molecule has 2 N–H and O–H groups in total. The van der Waals surface area contributed by atoms with Gasteiger partial charge in [-0.2, -0.15) is 0 Å². The normalized spacial score (nSPS) is 21.3. The summed E-state index contributed by atoms with van der Waals surface area (Å²) in [6.07, 6.45) is 8.66. The maximum atomic E-state index is 13.6. The van der Waals surface area contributed by atoms with E-state index in [1.807, 2.05) is 13.0 Å². The third kappa shape index (κ3) is 3.61. The second kappa shape index (κ2) is 7.85. The average Bonchev–Trinajstić information content (AvgIpc) is 3.34. The number of hydrogen-bond acceptors (Lipinski definition) is 6. The van der Waals surface area contributed by atoms with E-state index in [-0.39, 0.29) is 11.9 Å². The molecule has 8 heteroatoms. The van der Waals surface area contributed by atoms with Crippen molar-refractivity contribution in [1.82, 2.24) is 24.5 Å². The first-order valence-corrected chi connectivity index (χ1v) is 10.5. The molecule has 0 radical (unpaired) electrons. The molecule has 1 aliphatic rings. The standard InChI is InChI=1S/C23H25FN6O/c1-13-17-5-6-30(23(17)28-12-27-13)11-16-4-3-15(21(16)31-2)7-14-8-20-19(26-10-14)9-18(24)22(25)29-20/h5-6,8-10,12,15-16,21H,3-4,7,11H2,1-2H3,(H2,25,29). The lowest BCUT2D eigenvalue weighted by atomic mass is 9.94. The Kier molecular flexibility index (Phi) is 5.02. The number of aryl methyl sites for hydroxylation is 1. The van der Waals surface area contributed by atoms with Crippen LogP contribution in [0.5, 0.6) is 0 Å². The van der Waals surface area contributed by atoms with Crippen LogP contribution in [0.25, 0.3) is 22.1 Å². The van der Waals surface area contributed by atoms with Crippen molar-refractivity contribution in [2.45, 2.75) is 38.8 Å². The van der Waals surface area contributed by atoms with E-state index in [0.717, 1.165) is 48.1 Å². The minimum absolute atomic E-state index is 0.0971. The fourth-order valence-corrected chi connectivity index (χ4v) is 4.97. The van der Waals surface area contributed by atoms with Crippen molar-refractivity contribution >= 4 is 27.9 Å². The monoisotopic (exact) mass is 420 g/mol. The van der Waals surface area contributed by atoms with Crippen LogP contribution in [-0.4, -0.2) is 37.7 Å². The number of rotatable bonds is 5. The Morgan fingerprint density at radius 2 is 2.00 bits per heavy atom. The van der Waals surface area contributed by atoms with Gasteiger partial charge in [0.2, 0.25) is 0 Å². The predicted molar refractivity (Wildman–Crippen MR) is 117 cm³/mol. The summed E-state index contributed by atoms with van der Waals surface area (Å²) in [5.74, 6) is 0.145. The summed E-state index contributed by atoms with van der Waals surface area (Å²) in [6.45, 7) is 2.87. The van der Waals surface area contributed by atoms with Crippen LogP contribution in [-0.2, 0) is 17.7 Å². The highest BCUT2D eigenvalue weighted by molar-refractivity contribution is 5.78. The minimum atomic E-state index is -0.538. The van der Waals surface area contributed by atoms with E-state index in [0.29, 0.717) is 22.9 Å². The lowest BCUT2D eigenvalue weighted by molar-refractivity contribution is 0.0330. The predicted octanol–water partition coefficient (Wildman–Crippen LogP) is 3.69. The molecule has 0 spiro atoms. The van der Waals surface area contributed by atoms with Crippen LogP contribution in [0.15, 0.2) is 36.9 Å². The minimum Gasteiger partial charge on any atom is -0.381 e. The molecule has 3 unspecified atom stereocenters. The number of ether oxygens (including phenoxy) is 1. The van der Waals surface area contributed by atoms with Gasteiger partial charge in [-0.3, -0.25) is 4.98 Å². The zero-order chi connectivity index (χ0) is 21.5. The number of pyridine rings is 2. The summed E-state index contributed by atoms with van der Waals surface area (Å²) >= 11 is 0. The number of methoxy groups -OCH3 is 1. The molecule has 0 bridgehead atoms. The number of nitrogens with two attached hydrogens (primary N) is 1. The highest BCUT2D eigenvalue weighted by atomic mass is 19.1. The van der Waals surface area contributed by atoms with E-state index in [1.54, 1.807) is 19.6 Å². The Balaban J connectivity index is 1.35. The van der Waals surface area contributed by atoms with Crippen molar-refractivity contribution in [1.29, 1.82) is 0 Å². The number of halogens is 1. The molecule has 1 aliphatic carbocycles. The van der Waals surface area contributed by atoms with Crippen molar-refractivity contribution in [3.8, 4) is 0 Å². The number of nitrogens with zero attached hydrogens (tertiary/aromatic N) is 5. The number of fused-ring (bicyclic) bond motifs is 2. The van der Waals surface area contributed by atoms with Crippen molar-refractivity contribution in [3.63, 3.8) is 0 Å². The number of nitrogen functional groups attached to an aromatic ring is 1. The zero-order valence-electron chi connectivity index (χ0n) is 17.6. The molecule has 1 fully saturated rings. The first-order chi connectivity index (χ1) is 15.0. The summed E-state index contributed by atoms with van der Waals surface area (Å²) in [5, 5.41) is 1.09. The summed E-state index contributed by atoms with van der Waals surface area (Å²) in [7, 11) is 1.79.